The molecule has 5 aliphatic rings. The number of nitrogens with zero attached hydrogens (tertiary/aromatic N) is 6. The van der Waals surface area contributed by atoms with Crippen LogP contribution in [0.25, 0.3) is 0 Å². The largest absolute Gasteiger partial charge is 0.378 e. The van der Waals surface area contributed by atoms with Gasteiger partial charge in [-0.15, -0.1) is 0 Å². The number of aromatic nitrogens is 4. The quantitative estimate of drug-likeness (QED) is 0.478. The first kappa shape index (κ1) is 23.1. The van der Waals surface area contributed by atoms with Crippen molar-refractivity contribution in [1.82, 2.24) is 24.5 Å². The number of anilines is 1. The van der Waals surface area contributed by atoms with Crippen molar-refractivity contribution in [3.05, 3.63) is 33.9 Å². The van der Waals surface area contributed by atoms with Gasteiger partial charge in [0.15, 0.2) is 0 Å². The van der Waals surface area contributed by atoms with Crippen LogP contribution in [0.1, 0.15) is 66.4 Å². The predicted molar refractivity (Wildman–Crippen MR) is 128 cm³/mol. The van der Waals surface area contributed by atoms with Crippen LogP contribution < -0.4 is 5.32 Å². The summed E-state index contributed by atoms with van der Waals surface area (Å²) in [7, 11) is 0. The van der Waals surface area contributed by atoms with E-state index in [2.05, 4.69) is 15.5 Å². The Labute approximate surface area is 208 Å². The molecule has 36 heavy (non-hydrogen) atoms. The molecular formula is C24H31N7O5. The van der Waals surface area contributed by atoms with E-state index in [4.69, 9.17) is 4.74 Å². The molecule has 0 aromatic carbocycles. The fourth-order valence-electron chi connectivity index (χ4n) is 7.29. The summed E-state index contributed by atoms with van der Waals surface area (Å²) < 4.78 is 8.59. The van der Waals surface area contributed by atoms with E-state index >= 15 is 0 Å². The highest BCUT2D eigenvalue weighted by Gasteiger charge is 2.53. The number of hydrogen-bond acceptors (Lipinski definition) is 7. The van der Waals surface area contributed by atoms with E-state index in [1.165, 1.54) is 36.3 Å². The molecule has 12 nitrogen and oxygen atoms in total. The van der Waals surface area contributed by atoms with Crippen molar-refractivity contribution in [2.75, 3.05) is 31.6 Å². The summed E-state index contributed by atoms with van der Waals surface area (Å²) in [6.45, 7) is 4.07. The zero-order valence-electron chi connectivity index (χ0n) is 20.4. The fourth-order valence-corrected chi connectivity index (χ4v) is 7.29. The minimum absolute atomic E-state index is 0.219. The lowest BCUT2D eigenvalue weighted by Gasteiger charge is -2.56. The molecular weight excluding hydrogens is 466 g/mol. The van der Waals surface area contributed by atoms with Crippen molar-refractivity contribution in [3.63, 3.8) is 0 Å². The Hall–Kier alpha value is -3.28. The number of nitro groups is 1. The topological polar surface area (TPSA) is 137 Å². The zero-order valence-corrected chi connectivity index (χ0v) is 20.4. The third kappa shape index (κ3) is 3.78. The zero-order chi connectivity index (χ0) is 25.0. The van der Waals surface area contributed by atoms with E-state index in [-0.39, 0.29) is 34.2 Å². The van der Waals surface area contributed by atoms with Gasteiger partial charge in [-0.05, 0) is 63.2 Å². The number of rotatable bonds is 6. The average molecular weight is 498 g/mol. The number of carbonyl (C=O) groups is 2. The Morgan fingerprint density at radius 3 is 2.39 bits per heavy atom. The van der Waals surface area contributed by atoms with Crippen LogP contribution in [0.4, 0.5) is 11.4 Å². The molecule has 1 saturated heterocycles. The first-order valence-electron chi connectivity index (χ1n) is 12.9. The molecule has 0 atom stereocenters. The number of carbonyl (C=O) groups excluding carboxylic acids is 2. The summed E-state index contributed by atoms with van der Waals surface area (Å²) in [5.41, 5.74) is -0.326. The van der Waals surface area contributed by atoms with Crippen LogP contribution in [0.2, 0.25) is 0 Å². The number of aryl methyl sites for hydroxylation is 1. The first-order chi connectivity index (χ1) is 17.4. The first-order valence-corrected chi connectivity index (χ1v) is 12.9. The Balaban J connectivity index is 1.30. The molecule has 0 radical (unpaired) electrons. The van der Waals surface area contributed by atoms with Gasteiger partial charge in [-0.25, -0.2) is 0 Å². The molecule has 0 spiro atoms. The third-order valence-electron chi connectivity index (χ3n) is 8.49. The van der Waals surface area contributed by atoms with E-state index in [1.807, 2.05) is 6.92 Å². The van der Waals surface area contributed by atoms with Crippen LogP contribution in [-0.2, 0) is 16.8 Å². The van der Waals surface area contributed by atoms with Crippen LogP contribution in [0.3, 0.4) is 0 Å². The van der Waals surface area contributed by atoms with E-state index in [0.29, 0.717) is 50.6 Å². The minimum Gasteiger partial charge on any atom is -0.378 e. The van der Waals surface area contributed by atoms with Crippen LogP contribution in [0.15, 0.2) is 12.4 Å². The van der Waals surface area contributed by atoms with Crippen molar-refractivity contribution in [2.45, 2.75) is 57.5 Å². The standard InChI is InChI=1S/C24H31N7O5/c1-2-29-21(23(33)28-3-5-36-6-4-28)18(13-25-29)26-22(32)20-19(31(34)35)14-30(27-20)24-10-15-7-16(11-24)9-17(8-15)12-24/h13-17H,2-12H2,1H3,(H,26,32). The second kappa shape index (κ2) is 8.68. The van der Waals surface area contributed by atoms with Crippen LogP contribution in [-0.4, -0.2) is 67.5 Å². The monoisotopic (exact) mass is 497 g/mol. The molecule has 1 N–H and O–H groups in total. The van der Waals surface area contributed by atoms with Gasteiger partial charge in [-0.2, -0.15) is 10.2 Å². The highest BCUT2D eigenvalue weighted by molar-refractivity contribution is 6.09. The molecule has 2 aromatic rings. The van der Waals surface area contributed by atoms with Crippen molar-refractivity contribution < 1.29 is 19.2 Å². The molecule has 1 aliphatic heterocycles. The van der Waals surface area contributed by atoms with Crippen molar-refractivity contribution in [2.24, 2.45) is 17.8 Å². The summed E-state index contributed by atoms with van der Waals surface area (Å²) in [5.74, 6) is 0.916. The van der Waals surface area contributed by atoms with Crippen LogP contribution in [0, 0.1) is 27.9 Å². The molecule has 7 rings (SSSR count). The number of nitrogens with one attached hydrogen (secondary N) is 1. The highest BCUT2D eigenvalue weighted by Crippen LogP contribution is 2.58. The van der Waals surface area contributed by atoms with Crippen molar-refractivity contribution in [3.8, 4) is 0 Å². The van der Waals surface area contributed by atoms with E-state index < -0.39 is 10.8 Å². The molecule has 192 valence electrons. The maximum Gasteiger partial charge on any atom is 0.320 e. The van der Waals surface area contributed by atoms with Gasteiger partial charge in [0, 0.05) is 19.6 Å². The Kier molecular flexibility index (Phi) is 5.58. The van der Waals surface area contributed by atoms with Gasteiger partial charge in [-0.1, -0.05) is 0 Å². The van der Waals surface area contributed by atoms with E-state index in [0.717, 1.165) is 19.3 Å². The Morgan fingerprint density at radius 1 is 1.17 bits per heavy atom. The number of hydrogen-bond donors (Lipinski definition) is 1. The van der Waals surface area contributed by atoms with Gasteiger partial charge in [0.2, 0.25) is 5.69 Å². The van der Waals surface area contributed by atoms with Gasteiger partial charge >= 0.3 is 5.69 Å². The summed E-state index contributed by atoms with van der Waals surface area (Å²) in [6.07, 6.45) is 9.43. The lowest BCUT2D eigenvalue weighted by atomic mass is 9.53. The molecule has 2 amide bonds. The Morgan fingerprint density at radius 2 is 1.81 bits per heavy atom. The predicted octanol–water partition coefficient (Wildman–Crippen LogP) is 2.66. The number of amides is 2. The van der Waals surface area contributed by atoms with E-state index in [1.54, 1.807) is 9.58 Å². The molecule has 4 saturated carbocycles. The normalized spacial score (nSPS) is 28.9. The molecule has 4 aliphatic carbocycles. The molecule has 2 aromatic heterocycles. The molecule has 12 heteroatoms. The Bertz CT molecular complexity index is 1180. The third-order valence-corrected chi connectivity index (χ3v) is 8.49. The van der Waals surface area contributed by atoms with Gasteiger partial charge in [0.05, 0.1) is 35.6 Å². The number of ether oxygens (including phenoxy) is 1. The molecule has 3 heterocycles. The lowest BCUT2D eigenvalue weighted by Crippen LogP contribution is -2.52. The molecule has 5 fully saturated rings. The van der Waals surface area contributed by atoms with Crippen LogP contribution in [0.5, 0.6) is 0 Å². The van der Waals surface area contributed by atoms with Gasteiger partial charge in [-0.3, -0.25) is 29.1 Å². The van der Waals surface area contributed by atoms with Gasteiger partial charge in [0.1, 0.15) is 11.9 Å². The molecule has 0 unspecified atom stereocenters. The second-order valence-electron chi connectivity index (χ2n) is 10.8. The molecule has 4 bridgehead atoms. The maximum absolute atomic E-state index is 13.4. The van der Waals surface area contributed by atoms with Crippen LogP contribution >= 0.6 is 0 Å². The average Bonchev–Trinajstić information content (AvgIpc) is 3.49. The van der Waals surface area contributed by atoms with Gasteiger partial charge < -0.3 is 15.0 Å². The van der Waals surface area contributed by atoms with E-state index in [9.17, 15) is 19.7 Å². The summed E-state index contributed by atoms with van der Waals surface area (Å²) in [6, 6.07) is 0. The fraction of sp³-hybridized carbons (Fsp3) is 0.667. The summed E-state index contributed by atoms with van der Waals surface area (Å²) in [5, 5.41) is 23.4. The smallest absolute Gasteiger partial charge is 0.320 e. The van der Waals surface area contributed by atoms with Crippen molar-refractivity contribution >= 4 is 23.2 Å². The lowest BCUT2D eigenvalue weighted by molar-refractivity contribution is -0.385. The summed E-state index contributed by atoms with van der Waals surface area (Å²) >= 11 is 0. The minimum atomic E-state index is -0.711. The second-order valence-corrected chi connectivity index (χ2v) is 10.8. The highest BCUT2D eigenvalue weighted by atomic mass is 16.6. The SMILES string of the molecule is CCn1ncc(NC(=O)c2nn(C34CC5CC(CC(C5)C3)C4)cc2[N+](=O)[O-])c1C(=O)N1CCOCC1. The summed E-state index contributed by atoms with van der Waals surface area (Å²) in [4.78, 5) is 39.6. The maximum atomic E-state index is 13.4. The van der Waals surface area contributed by atoms with Crippen molar-refractivity contribution in [1.29, 1.82) is 0 Å². The van der Waals surface area contributed by atoms with Gasteiger partial charge in [0.25, 0.3) is 11.8 Å². The number of morpholine rings is 1.